The summed E-state index contributed by atoms with van der Waals surface area (Å²) in [6.45, 7) is 1.77. The van der Waals surface area contributed by atoms with Gasteiger partial charge in [0, 0.05) is 23.3 Å². The predicted molar refractivity (Wildman–Crippen MR) is 112 cm³/mol. The second-order valence-electron chi connectivity index (χ2n) is 6.71. The zero-order chi connectivity index (χ0) is 20.4. The van der Waals surface area contributed by atoms with E-state index in [0.29, 0.717) is 11.5 Å². The number of nitrogens with one attached hydrogen (secondary N) is 3. The second kappa shape index (κ2) is 7.81. The summed E-state index contributed by atoms with van der Waals surface area (Å²) >= 11 is 0. The molecule has 0 aliphatic heterocycles. The Bertz CT molecular complexity index is 1160. The van der Waals surface area contributed by atoms with Crippen LogP contribution >= 0.6 is 0 Å². The first-order chi connectivity index (χ1) is 14.1. The smallest absolute Gasteiger partial charge is 0.242 e. The maximum Gasteiger partial charge on any atom is 0.242 e. The molecule has 146 valence electrons. The number of carbonyl (C=O) groups is 1. The normalized spacial score (nSPS) is 12.1. The average molecular weight is 389 g/mol. The lowest BCUT2D eigenvalue weighted by atomic mass is 10.00. The second-order valence-corrected chi connectivity index (χ2v) is 6.71. The number of pyridine rings is 2. The number of nitrogens with zero attached hydrogens (tertiary/aromatic N) is 2. The summed E-state index contributed by atoms with van der Waals surface area (Å²) in [6, 6.07) is 13.5. The standard InChI is InChI=1S/C22H20FN5O/c1-13(24-2)22(29)27-18-8-7-17-19(14-9-11-25-12-10-14)20(28-21(17)26-18)15-3-5-16(23)6-4-15/h3-13,24H,1-2H3,(H2,26,27,28,29). The monoisotopic (exact) mass is 389 g/mol. The molecule has 3 heterocycles. The molecule has 6 nitrogen and oxygen atoms in total. The third kappa shape index (κ3) is 3.72. The summed E-state index contributed by atoms with van der Waals surface area (Å²) in [5, 5.41) is 6.61. The number of carbonyl (C=O) groups excluding carboxylic acids is 1. The summed E-state index contributed by atoms with van der Waals surface area (Å²) in [5.41, 5.74) is 4.21. The van der Waals surface area contributed by atoms with Crippen molar-refractivity contribution in [1.82, 2.24) is 20.3 Å². The molecule has 0 saturated heterocycles. The molecule has 0 aliphatic carbocycles. The van der Waals surface area contributed by atoms with Crippen molar-refractivity contribution in [1.29, 1.82) is 0 Å². The molecular weight excluding hydrogens is 369 g/mol. The van der Waals surface area contributed by atoms with Gasteiger partial charge >= 0.3 is 0 Å². The molecule has 0 radical (unpaired) electrons. The summed E-state index contributed by atoms with van der Waals surface area (Å²) in [6.07, 6.45) is 3.45. The summed E-state index contributed by atoms with van der Waals surface area (Å²) in [7, 11) is 1.72. The largest absolute Gasteiger partial charge is 0.339 e. The number of likely N-dealkylation sites (N-methyl/N-ethyl adjacent to an activating group) is 1. The fourth-order valence-electron chi connectivity index (χ4n) is 3.16. The van der Waals surface area contributed by atoms with E-state index in [4.69, 9.17) is 0 Å². The van der Waals surface area contributed by atoms with Crippen LogP contribution in [0.3, 0.4) is 0 Å². The number of hydrogen-bond acceptors (Lipinski definition) is 4. The Kier molecular flexibility index (Phi) is 5.05. The van der Waals surface area contributed by atoms with Crippen LogP contribution in [-0.2, 0) is 4.79 Å². The van der Waals surface area contributed by atoms with Gasteiger partial charge < -0.3 is 15.6 Å². The van der Waals surface area contributed by atoms with Crippen LogP contribution < -0.4 is 10.6 Å². The number of aromatic amines is 1. The summed E-state index contributed by atoms with van der Waals surface area (Å²) in [4.78, 5) is 24.2. The van der Waals surface area contributed by atoms with Crippen molar-refractivity contribution in [3.05, 3.63) is 66.7 Å². The van der Waals surface area contributed by atoms with Crippen molar-refractivity contribution in [3.8, 4) is 22.4 Å². The van der Waals surface area contributed by atoms with Crippen LogP contribution in [0.5, 0.6) is 0 Å². The maximum atomic E-state index is 13.4. The lowest BCUT2D eigenvalue weighted by molar-refractivity contribution is -0.117. The summed E-state index contributed by atoms with van der Waals surface area (Å²) in [5.74, 6) is -0.00564. The van der Waals surface area contributed by atoms with E-state index in [2.05, 4.69) is 25.6 Å². The first kappa shape index (κ1) is 18.8. The quantitative estimate of drug-likeness (QED) is 0.482. The van der Waals surface area contributed by atoms with E-state index >= 15 is 0 Å². The zero-order valence-corrected chi connectivity index (χ0v) is 16.0. The molecule has 1 amide bonds. The molecule has 3 N–H and O–H groups in total. The average Bonchev–Trinajstić information content (AvgIpc) is 3.13. The van der Waals surface area contributed by atoms with E-state index in [-0.39, 0.29) is 17.8 Å². The van der Waals surface area contributed by atoms with Gasteiger partial charge in [0.05, 0.1) is 11.7 Å². The molecule has 0 saturated carbocycles. The molecule has 4 rings (SSSR count). The Morgan fingerprint density at radius 1 is 1.03 bits per heavy atom. The third-order valence-electron chi connectivity index (χ3n) is 4.84. The molecule has 4 aromatic rings. The molecule has 0 bridgehead atoms. The van der Waals surface area contributed by atoms with Gasteiger partial charge in [-0.3, -0.25) is 9.78 Å². The van der Waals surface area contributed by atoms with E-state index in [9.17, 15) is 9.18 Å². The Labute approximate surface area is 167 Å². The Hall–Kier alpha value is -3.58. The van der Waals surface area contributed by atoms with Crippen molar-refractivity contribution < 1.29 is 9.18 Å². The summed E-state index contributed by atoms with van der Waals surface area (Å²) < 4.78 is 13.4. The van der Waals surface area contributed by atoms with E-state index in [1.807, 2.05) is 18.2 Å². The number of aromatic nitrogens is 3. The van der Waals surface area contributed by atoms with E-state index in [0.717, 1.165) is 27.8 Å². The van der Waals surface area contributed by atoms with Crippen LogP contribution in [0.25, 0.3) is 33.4 Å². The SMILES string of the molecule is CNC(C)C(=O)Nc1ccc2c(-c3ccncc3)c(-c3ccc(F)cc3)[nH]c2n1. The van der Waals surface area contributed by atoms with Crippen molar-refractivity contribution in [2.45, 2.75) is 13.0 Å². The lowest BCUT2D eigenvalue weighted by Gasteiger charge is -2.10. The van der Waals surface area contributed by atoms with Gasteiger partial charge in [0.15, 0.2) is 0 Å². The van der Waals surface area contributed by atoms with Crippen LogP contribution in [0.1, 0.15) is 6.92 Å². The molecule has 0 spiro atoms. The van der Waals surface area contributed by atoms with E-state index < -0.39 is 0 Å². The van der Waals surface area contributed by atoms with Crippen LogP contribution in [0.2, 0.25) is 0 Å². The predicted octanol–water partition coefficient (Wildman–Crippen LogP) is 3.98. The van der Waals surface area contributed by atoms with E-state index in [1.54, 1.807) is 44.6 Å². The Morgan fingerprint density at radius 3 is 2.45 bits per heavy atom. The number of hydrogen-bond donors (Lipinski definition) is 3. The van der Waals surface area contributed by atoms with Crippen molar-refractivity contribution >= 4 is 22.8 Å². The van der Waals surface area contributed by atoms with Crippen LogP contribution in [-0.4, -0.2) is 33.9 Å². The molecule has 29 heavy (non-hydrogen) atoms. The number of benzene rings is 1. The molecule has 1 aromatic carbocycles. The molecule has 1 atom stereocenters. The number of H-pyrrole nitrogens is 1. The van der Waals surface area contributed by atoms with Gasteiger partial charge in [0.2, 0.25) is 5.91 Å². The van der Waals surface area contributed by atoms with Crippen molar-refractivity contribution in [2.75, 3.05) is 12.4 Å². The molecule has 1 unspecified atom stereocenters. The highest BCUT2D eigenvalue weighted by Gasteiger charge is 2.17. The number of fused-ring (bicyclic) bond motifs is 1. The molecule has 3 aromatic heterocycles. The third-order valence-corrected chi connectivity index (χ3v) is 4.84. The Balaban J connectivity index is 1.85. The highest BCUT2D eigenvalue weighted by molar-refractivity contribution is 6.03. The van der Waals surface area contributed by atoms with Crippen molar-refractivity contribution in [2.24, 2.45) is 0 Å². The topological polar surface area (TPSA) is 82.7 Å². The number of halogens is 1. The fraction of sp³-hybridized carbons (Fsp3) is 0.136. The van der Waals surface area contributed by atoms with Gasteiger partial charge in [-0.25, -0.2) is 9.37 Å². The van der Waals surface area contributed by atoms with Crippen LogP contribution in [0.15, 0.2) is 60.9 Å². The highest BCUT2D eigenvalue weighted by atomic mass is 19.1. The van der Waals surface area contributed by atoms with Gasteiger partial charge in [-0.2, -0.15) is 0 Å². The number of anilines is 1. The minimum absolute atomic E-state index is 0.168. The van der Waals surface area contributed by atoms with Crippen LogP contribution in [0, 0.1) is 5.82 Å². The van der Waals surface area contributed by atoms with Gasteiger partial charge in [-0.1, -0.05) is 0 Å². The van der Waals surface area contributed by atoms with Crippen LogP contribution in [0.4, 0.5) is 10.2 Å². The first-order valence-corrected chi connectivity index (χ1v) is 9.24. The fourth-order valence-corrected chi connectivity index (χ4v) is 3.16. The van der Waals surface area contributed by atoms with Crippen molar-refractivity contribution in [3.63, 3.8) is 0 Å². The highest BCUT2D eigenvalue weighted by Crippen LogP contribution is 2.38. The van der Waals surface area contributed by atoms with Gasteiger partial charge in [0.25, 0.3) is 0 Å². The minimum atomic E-state index is -0.335. The van der Waals surface area contributed by atoms with E-state index in [1.165, 1.54) is 12.1 Å². The van der Waals surface area contributed by atoms with Gasteiger partial charge in [-0.15, -0.1) is 0 Å². The molecule has 0 fully saturated rings. The zero-order valence-electron chi connectivity index (χ0n) is 16.0. The van der Waals surface area contributed by atoms with Gasteiger partial charge in [0.1, 0.15) is 17.3 Å². The lowest BCUT2D eigenvalue weighted by Crippen LogP contribution is -2.35. The van der Waals surface area contributed by atoms with Gasteiger partial charge in [-0.05, 0) is 73.6 Å². The number of amides is 1. The molecule has 0 aliphatic rings. The minimum Gasteiger partial charge on any atom is -0.339 e. The molecular formula is C22H20FN5O. The first-order valence-electron chi connectivity index (χ1n) is 9.24. The Morgan fingerprint density at radius 2 is 1.76 bits per heavy atom. The maximum absolute atomic E-state index is 13.4. The molecule has 7 heteroatoms. The number of rotatable bonds is 5.